The zero-order chi connectivity index (χ0) is 26.5. The number of carboxylic acid groups (broad SMARTS) is 4. The van der Waals surface area contributed by atoms with Crippen LogP contribution in [-0.2, 0) is 19.2 Å². The molecule has 1 aliphatic carbocycles. The van der Waals surface area contributed by atoms with E-state index in [1.165, 1.54) is 19.3 Å². The van der Waals surface area contributed by atoms with Crippen molar-refractivity contribution in [3.8, 4) is 0 Å². The highest BCUT2D eigenvalue weighted by Crippen LogP contribution is 2.41. The lowest BCUT2D eigenvalue weighted by molar-refractivity contribution is -0.159. The zero-order valence-corrected chi connectivity index (χ0v) is 21.7. The van der Waals surface area contributed by atoms with Crippen molar-refractivity contribution >= 4 is 23.9 Å². The van der Waals surface area contributed by atoms with E-state index in [4.69, 9.17) is 0 Å². The molecular weight excluding hydrogens is 452 g/mol. The first-order valence-corrected chi connectivity index (χ1v) is 13.5. The van der Waals surface area contributed by atoms with Crippen LogP contribution < -0.4 is 0 Å². The average Bonchev–Trinajstić information content (AvgIpc) is 2.77. The van der Waals surface area contributed by atoms with Gasteiger partial charge in [-0.1, -0.05) is 85.0 Å². The molecule has 0 heterocycles. The van der Waals surface area contributed by atoms with Crippen molar-refractivity contribution in [2.45, 2.75) is 104 Å². The molecule has 35 heavy (non-hydrogen) atoms. The fourth-order valence-corrected chi connectivity index (χ4v) is 6.30. The SMILES string of the molecule is CCC(CCCCC1CCCC(C)C1CCCCC(CC)C(C(=O)O)C(=O)O)C(C(=O)O)C(=O)O. The van der Waals surface area contributed by atoms with Crippen molar-refractivity contribution in [2.24, 2.45) is 41.4 Å². The van der Waals surface area contributed by atoms with Crippen LogP contribution in [0.2, 0.25) is 0 Å². The quantitative estimate of drug-likeness (QED) is 0.137. The van der Waals surface area contributed by atoms with Gasteiger partial charge in [0.1, 0.15) is 0 Å². The van der Waals surface area contributed by atoms with Crippen LogP contribution in [0.15, 0.2) is 0 Å². The Hall–Kier alpha value is -2.12. The predicted molar refractivity (Wildman–Crippen MR) is 132 cm³/mol. The van der Waals surface area contributed by atoms with Crippen molar-refractivity contribution in [1.82, 2.24) is 0 Å². The summed E-state index contributed by atoms with van der Waals surface area (Å²) in [5.41, 5.74) is 0. The summed E-state index contributed by atoms with van der Waals surface area (Å²) in [5, 5.41) is 37.1. The number of carbonyl (C=O) groups is 4. The molecule has 5 unspecified atom stereocenters. The van der Waals surface area contributed by atoms with Crippen LogP contribution in [0.3, 0.4) is 0 Å². The third-order valence-electron chi connectivity index (χ3n) is 8.39. The van der Waals surface area contributed by atoms with E-state index in [1.54, 1.807) is 0 Å². The summed E-state index contributed by atoms with van der Waals surface area (Å²) in [4.78, 5) is 45.4. The van der Waals surface area contributed by atoms with E-state index in [0.29, 0.717) is 43.4 Å². The molecule has 0 aliphatic heterocycles. The number of hydrogen-bond donors (Lipinski definition) is 4. The fourth-order valence-electron chi connectivity index (χ4n) is 6.30. The molecule has 0 aromatic heterocycles. The van der Waals surface area contributed by atoms with Gasteiger partial charge in [-0.15, -0.1) is 0 Å². The molecule has 0 amide bonds. The lowest BCUT2D eigenvalue weighted by Gasteiger charge is -2.37. The van der Waals surface area contributed by atoms with Crippen molar-refractivity contribution < 1.29 is 39.6 Å². The molecule has 0 aromatic rings. The highest BCUT2D eigenvalue weighted by atomic mass is 16.4. The monoisotopic (exact) mass is 498 g/mol. The lowest BCUT2D eigenvalue weighted by Crippen LogP contribution is -2.31. The van der Waals surface area contributed by atoms with Crippen LogP contribution >= 0.6 is 0 Å². The molecule has 0 saturated heterocycles. The van der Waals surface area contributed by atoms with Gasteiger partial charge in [0.25, 0.3) is 0 Å². The number of rotatable bonds is 18. The number of hydrogen-bond acceptors (Lipinski definition) is 4. The molecule has 1 fully saturated rings. The van der Waals surface area contributed by atoms with Gasteiger partial charge in [-0.3, -0.25) is 19.2 Å². The summed E-state index contributed by atoms with van der Waals surface area (Å²) in [6.07, 6.45) is 11.6. The van der Waals surface area contributed by atoms with E-state index in [0.717, 1.165) is 38.5 Å². The minimum atomic E-state index is -1.34. The number of unbranched alkanes of at least 4 members (excludes halogenated alkanes) is 2. The molecule has 0 aromatic carbocycles. The average molecular weight is 499 g/mol. The maximum atomic E-state index is 11.4. The van der Waals surface area contributed by atoms with Crippen molar-refractivity contribution in [3.05, 3.63) is 0 Å². The maximum Gasteiger partial charge on any atom is 0.318 e. The van der Waals surface area contributed by atoms with Crippen molar-refractivity contribution in [3.63, 3.8) is 0 Å². The Balaban J connectivity index is 2.55. The molecule has 8 heteroatoms. The second-order valence-corrected chi connectivity index (χ2v) is 10.5. The molecular formula is C27H46O8. The van der Waals surface area contributed by atoms with E-state index in [2.05, 4.69) is 6.92 Å². The Morgan fingerprint density at radius 1 is 0.686 bits per heavy atom. The molecule has 1 aliphatic rings. The minimum Gasteiger partial charge on any atom is -0.481 e. The summed E-state index contributed by atoms with van der Waals surface area (Å²) in [6.45, 7) is 6.00. The van der Waals surface area contributed by atoms with Crippen LogP contribution in [0.4, 0.5) is 0 Å². The Kier molecular flexibility index (Phi) is 13.9. The van der Waals surface area contributed by atoms with Crippen LogP contribution in [-0.4, -0.2) is 44.3 Å². The van der Waals surface area contributed by atoms with Gasteiger partial charge in [-0.25, -0.2) is 0 Å². The van der Waals surface area contributed by atoms with Gasteiger partial charge in [0.05, 0.1) is 0 Å². The number of aliphatic carboxylic acids is 4. The van der Waals surface area contributed by atoms with E-state index >= 15 is 0 Å². The summed E-state index contributed by atoms with van der Waals surface area (Å²) in [5.74, 6) is -6.59. The second kappa shape index (κ2) is 15.8. The van der Waals surface area contributed by atoms with E-state index in [-0.39, 0.29) is 11.8 Å². The van der Waals surface area contributed by atoms with Gasteiger partial charge in [0.15, 0.2) is 11.8 Å². The summed E-state index contributed by atoms with van der Waals surface area (Å²) in [7, 11) is 0. The second-order valence-electron chi connectivity index (χ2n) is 10.5. The van der Waals surface area contributed by atoms with Gasteiger partial charge in [-0.05, 0) is 48.9 Å². The minimum absolute atomic E-state index is 0.349. The number of carboxylic acids is 4. The first kappa shape index (κ1) is 30.9. The Bertz CT molecular complexity index is 663. The summed E-state index contributed by atoms with van der Waals surface area (Å²) in [6, 6.07) is 0. The van der Waals surface area contributed by atoms with Crippen molar-refractivity contribution in [2.75, 3.05) is 0 Å². The summed E-state index contributed by atoms with van der Waals surface area (Å²) >= 11 is 0. The molecule has 202 valence electrons. The van der Waals surface area contributed by atoms with Gasteiger partial charge >= 0.3 is 23.9 Å². The standard InChI is InChI=1S/C27H46O8/c1-4-18(22(24(28)29)25(30)31)12-6-7-14-20-15-10-11-17(3)21(20)16-9-8-13-19(5-2)23(26(32)33)27(34)35/h17-23H,4-16H2,1-3H3,(H,28,29)(H,30,31)(H,32,33)(H,34,35). The van der Waals surface area contributed by atoms with Crippen LogP contribution in [0.1, 0.15) is 104 Å². The van der Waals surface area contributed by atoms with Gasteiger partial charge in [0, 0.05) is 0 Å². The van der Waals surface area contributed by atoms with Crippen molar-refractivity contribution in [1.29, 1.82) is 0 Å². The molecule has 5 atom stereocenters. The van der Waals surface area contributed by atoms with Gasteiger partial charge in [0.2, 0.25) is 0 Å². The smallest absolute Gasteiger partial charge is 0.318 e. The predicted octanol–water partition coefficient (Wildman–Crippen LogP) is 5.78. The fraction of sp³-hybridized carbons (Fsp3) is 0.852. The first-order valence-electron chi connectivity index (χ1n) is 13.5. The molecule has 0 bridgehead atoms. The Morgan fingerprint density at radius 2 is 1.11 bits per heavy atom. The molecule has 4 N–H and O–H groups in total. The zero-order valence-electron chi connectivity index (χ0n) is 21.7. The molecule has 1 saturated carbocycles. The van der Waals surface area contributed by atoms with Gasteiger partial charge < -0.3 is 20.4 Å². The lowest BCUT2D eigenvalue weighted by atomic mass is 9.68. The van der Waals surface area contributed by atoms with E-state index in [1.807, 2.05) is 13.8 Å². The molecule has 8 nitrogen and oxygen atoms in total. The molecule has 0 spiro atoms. The normalized spacial score (nSPS) is 22.1. The highest BCUT2D eigenvalue weighted by Gasteiger charge is 2.35. The first-order chi connectivity index (χ1) is 16.5. The Morgan fingerprint density at radius 3 is 1.51 bits per heavy atom. The maximum absolute atomic E-state index is 11.4. The molecule has 1 rings (SSSR count). The van der Waals surface area contributed by atoms with E-state index < -0.39 is 35.7 Å². The van der Waals surface area contributed by atoms with E-state index in [9.17, 15) is 39.6 Å². The third kappa shape index (κ3) is 9.80. The van der Waals surface area contributed by atoms with Crippen LogP contribution in [0, 0.1) is 41.4 Å². The van der Waals surface area contributed by atoms with Crippen LogP contribution in [0.25, 0.3) is 0 Å². The largest absolute Gasteiger partial charge is 0.481 e. The van der Waals surface area contributed by atoms with Crippen LogP contribution in [0.5, 0.6) is 0 Å². The Labute approximate surface area is 209 Å². The van der Waals surface area contributed by atoms with Gasteiger partial charge in [-0.2, -0.15) is 0 Å². The highest BCUT2D eigenvalue weighted by molar-refractivity contribution is 5.93. The summed E-state index contributed by atoms with van der Waals surface area (Å²) < 4.78 is 0. The topological polar surface area (TPSA) is 149 Å². The third-order valence-corrected chi connectivity index (χ3v) is 8.39. The molecule has 0 radical (unpaired) electrons.